The minimum Gasteiger partial charge on any atom is -0.394 e. The van der Waals surface area contributed by atoms with Gasteiger partial charge in [0.05, 0.1) is 31.3 Å². The molecule has 302 valence electrons. The van der Waals surface area contributed by atoms with Crippen molar-refractivity contribution in [3.8, 4) is 0 Å². The highest BCUT2D eigenvalue weighted by molar-refractivity contribution is 5.76. The normalized spacial score (nSPS) is 14.2. The Labute approximate surface area is 322 Å². The van der Waals surface area contributed by atoms with E-state index >= 15 is 0 Å². The van der Waals surface area contributed by atoms with Gasteiger partial charge in [0.15, 0.2) is 0 Å². The number of aliphatic hydroxyl groups excluding tert-OH is 3. The van der Waals surface area contributed by atoms with Gasteiger partial charge in [-0.1, -0.05) is 190 Å². The van der Waals surface area contributed by atoms with Crippen LogP contribution in [0, 0.1) is 0 Å². The minimum absolute atomic E-state index is 0.00171. The number of hydrogen-bond acceptors (Lipinski definition) is 4. The Morgan fingerprint density at radius 3 is 1.42 bits per heavy atom. The van der Waals surface area contributed by atoms with E-state index in [-0.39, 0.29) is 18.9 Å². The molecule has 0 radical (unpaired) electrons. The molecule has 3 unspecified atom stereocenters. The second kappa shape index (κ2) is 41.8. The van der Waals surface area contributed by atoms with Crippen LogP contribution in [0.4, 0.5) is 0 Å². The van der Waals surface area contributed by atoms with Gasteiger partial charge in [0.25, 0.3) is 0 Å². The molecule has 4 N–H and O–H groups in total. The van der Waals surface area contributed by atoms with Gasteiger partial charge in [0.2, 0.25) is 5.91 Å². The molecule has 0 aliphatic carbocycles. The van der Waals surface area contributed by atoms with Gasteiger partial charge in [-0.3, -0.25) is 4.79 Å². The van der Waals surface area contributed by atoms with E-state index < -0.39 is 18.2 Å². The van der Waals surface area contributed by atoms with Gasteiger partial charge >= 0.3 is 0 Å². The van der Waals surface area contributed by atoms with E-state index in [4.69, 9.17) is 0 Å². The van der Waals surface area contributed by atoms with Crippen molar-refractivity contribution in [1.29, 1.82) is 0 Å². The monoisotopic (exact) mass is 728 g/mol. The van der Waals surface area contributed by atoms with Crippen LogP contribution in [0.2, 0.25) is 0 Å². The number of aliphatic hydroxyl groups is 3. The van der Waals surface area contributed by atoms with Crippen LogP contribution in [-0.2, 0) is 4.79 Å². The average molecular weight is 728 g/mol. The molecule has 0 saturated carbocycles. The van der Waals surface area contributed by atoms with Crippen LogP contribution < -0.4 is 5.32 Å². The molecule has 52 heavy (non-hydrogen) atoms. The third-order valence-corrected chi connectivity index (χ3v) is 9.77. The standard InChI is InChI=1S/C47H85NO4/c1-3-5-7-9-11-13-15-16-17-18-19-20-21-22-23-24-25-26-27-28-29-30-31-32-34-36-38-40-44(50)42-47(52)48-45(43-49)46(51)41-39-37-35-33-14-12-10-8-6-4-2/h6,8,14,19-20,22-23,33,39,41,44-46,49-51H,3-5,7,9-13,15-18,21,24-32,34-38,40,42-43H2,1-2H3,(H,48,52)/b8-6+,20-19-,23-22-,33-14+,41-39+. The zero-order valence-corrected chi connectivity index (χ0v) is 34.2. The zero-order valence-electron chi connectivity index (χ0n) is 34.2. The number of hydrogen-bond donors (Lipinski definition) is 4. The van der Waals surface area contributed by atoms with Crippen molar-refractivity contribution in [1.82, 2.24) is 5.32 Å². The van der Waals surface area contributed by atoms with Crippen LogP contribution in [0.5, 0.6) is 0 Å². The number of unbranched alkanes of at least 4 members (excludes halogenated alkanes) is 22. The predicted molar refractivity (Wildman–Crippen MR) is 227 cm³/mol. The molecule has 0 saturated heterocycles. The summed E-state index contributed by atoms with van der Waals surface area (Å²) in [6, 6.07) is -0.768. The highest BCUT2D eigenvalue weighted by atomic mass is 16.3. The molecule has 1 amide bonds. The van der Waals surface area contributed by atoms with Crippen LogP contribution in [0.3, 0.4) is 0 Å². The molecule has 0 aromatic heterocycles. The Hall–Kier alpha value is -1.95. The molecule has 5 heteroatoms. The molecular weight excluding hydrogens is 643 g/mol. The molecule has 0 aliphatic rings. The fourth-order valence-electron chi connectivity index (χ4n) is 6.41. The van der Waals surface area contributed by atoms with Crippen molar-refractivity contribution < 1.29 is 20.1 Å². The summed E-state index contributed by atoms with van der Waals surface area (Å²) in [5, 5.41) is 33.0. The van der Waals surface area contributed by atoms with Gasteiger partial charge in [0, 0.05) is 0 Å². The summed E-state index contributed by atoms with van der Waals surface area (Å²) in [5.74, 6) is -0.335. The Morgan fingerprint density at radius 2 is 0.942 bits per heavy atom. The first kappa shape index (κ1) is 50.1. The zero-order chi connectivity index (χ0) is 38.0. The predicted octanol–water partition coefficient (Wildman–Crippen LogP) is 12.7. The number of allylic oxidation sites excluding steroid dienone is 9. The number of rotatable bonds is 39. The van der Waals surface area contributed by atoms with E-state index in [9.17, 15) is 20.1 Å². The van der Waals surface area contributed by atoms with Crippen molar-refractivity contribution in [3.63, 3.8) is 0 Å². The molecule has 0 aromatic rings. The molecule has 3 atom stereocenters. The first-order valence-corrected chi connectivity index (χ1v) is 22.1. The second-order valence-electron chi connectivity index (χ2n) is 14.9. The topological polar surface area (TPSA) is 89.8 Å². The maximum atomic E-state index is 12.4. The van der Waals surface area contributed by atoms with Crippen LogP contribution in [0.15, 0.2) is 60.8 Å². The fourth-order valence-corrected chi connectivity index (χ4v) is 6.41. The van der Waals surface area contributed by atoms with Crippen LogP contribution >= 0.6 is 0 Å². The Kier molecular flexibility index (Phi) is 40.2. The van der Waals surface area contributed by atoms with E-state index in [2.05, 4.69) is 67.8 Å². The summed E-state index contributed by atoms with van der Waals surface area (Å²) < 4.78 is 0. The lowest BCUT2D eigenvalue weighted by molar-refractivity contribution is -0.124. The number of nitrogens with one attached hydrogen (secondary N) is 1. The number of carbonyl (C=O) groups excluding carboxylic acids is 1. The van der Waals surface area contributed by atoms with E-state index in [1.165, 1.54) is 128 Å². The van der Waals surface area contributed by atoms with Gasteiger partial charge in [-0.25, -0.2) is 0 Å². The van der Waals surface area contributed by atoms with Crippen LogP contribution in [0.1, 0.15) is 206 Å². The molecule has 0 fully saturated rings. The quantitative estimate of drug-likeness (QED) is 0.0375. The van der Waals surface area contributed by atoms with Crippen molar-refractivity contribution in [2.45, 2.75) is 225 Å². The third-order valence-electron chi connectivity index (χ3n) is 9.77. The highest BCUT2D eigenvalue weighted by Crippen LogP contribution is 2.15. The van der Waals surface area contributed by atoms with Crippen molar-refractivity contribution in [2.24, 2.45) is 0 Å². The summed E-state index contributed by atoms with van der Waals surface area (Å²) in [6.07, 6.45) is 55.3. The van der Waals surface area contributed by atoms with Crippen LogP contribution in [-0.4, -0.2) is 46.1 Å². The second-order valence-corrected chi connectivity index (χ2v) is 14.9. The lowest BCUT2D eigenvalue weighted by Crippen LogP contribution is -2.45. The summed E-state index contributed by atoms with van der Waals surface area (Å²) >= 11 is 0. The summed E-state index contributed by atoms with van der Waals surface area (Å²) in [5.41, 5.74) is 0. The highest BCUT2D eigenvalue weighted by Gasteiger charge is 2.20. The van der Waals surface area contributed by atoms with Crippen molar-refractivity contribution >= 4 is 5.91 Å². The fraction of sp³-hybridized carbons (Fsp3) is 0.766. The van der Waals surface area contributed by atoms with E-state index in [1.807, 2.05) is 6.08 Å². The Bertz CT molecular complexity index is 892. The molecule has 0 heterocycles. The molecular formula is C47H85NO4. The van der Waals surface area contributed by atoms with Crippen molar-refractivity contribution in [3.05, 3.63) is 60.8 Å². The molecule has 5 nitrogen and oxygen atoms in total. The van der Waals surface area contributed by atoms with Gasteiger partial charge in [0.1, 0.15) is 0 Å². The summed E-state index contributed by atoms with van der Waals surface area (Å²) in [4.78, 5) is 12.4. The first-order chi connectivity index (χ1) is 25.5. The number of carbonyl (C=O) groups is 1. The van der Waals surface area contributed by atoms with Crippen LogP contribution in [0.25, 0.3) is 0 Å². The van der Waals surface area contributed by atoms with Gasteiger partial charge in [-0.15, -0.1) is 0 Å². The maximum absolute atomic E-state index is 12.4. The SMILES string of the molecule is CC/C=C/CC/C=C/CC/C=C/C(O)C(CO)NC(=O)CC(O)CCCCCCCCCCCCC/C=C\C/C=C\CCCCCCCCCCC. The molecule has 0 aromatic carbocycles. The lowest BCUT2D eigenvalue weighted by Gasteiger charge is -2.21. The molecule has 0 rings (SSSR count). The summed E-state index contributed by atoms with van der Waals surface area (Å²) in [7, 11) is 0. The molecule has 0 aliphatic heterocycles. The van der Waals surface area contributed by atoms with E-state index in [0.29, 0.717) is 6.42 Å². The van der Waals surface area contributed by atoms with Gasteiger partial charge < -0.3 is 20.6 Å². The smallest absolute Gasteiger partial charge is 0.222 e. The number of amides is 1. The third kappa shape index (κ3) is 37.8. The largest absolute Gasteiger partial charge is 0.394 e. The first-order valence-electron chi connectivity index (χ1n) is 22.1. The van der Waals surface area contributed by atoms with E-state index in [0.717, 1.165) is 51.4 Å². The summed E-state index contributed by atoms with van der Waals surface area (Å²) in [6.45, 7) is 4.06. The van der Waals surface area contributed by atoms with Gasteiger partial charge in [-0.2, -0.15) is 0 Å². The average Bonchev–Trinajstić information content (AvgIpc) is 3.14. The minimum atomic E-state index is -0.960. The van der Waals surface area contributed by atoms with Gasteiger partial charge in [-0.05, 0) is 70.6 Å². The van der Waals surface area contributed by atoms with E-state index in [1.54, 1.807) is 6.08 Å². The Balaban J connectivity index is 3.61. The lowest BCUT2D eigenvalue weighted by atomic mass is 10.0. The molecule has 0 bridgehead atoms. The van der Waals surface area contributed by atoms with Crippen molar-refractivity contribution in [2.75, 3.05) is 6.61 Å². The molecule has 0 spiro atoms. The Morgan fingerprint density at radius 1 is 0.519 bits per heavy atom. The maximum Gasteiger partial charge on any atom is 0.222 e.